The smallest absolute Gasteiger partial charge is 0.171 e. The van der Waals surface area contributed by atoms with Crippen molar-refractivity contribution in [1.29, 1.82) is 0 Å². The lowest BCUT2D eigenvalue weighted by Crippen LogP contribution is -2.21. The number of aromatic nitrogens is 1. The molecule has 0 radical (unpaired) electrons. The third-order valence-corrected chi connectivity index (χ3v) is 5.07. The van der Waals surface area contributed by atoms with Gasteiger partial charge in [0.1, 0.15) is 23.3 Å². The lowest BCUT2D eigenvalue weighted by molar-refractivity contribution is 0.287. The molecule has 0 bridgehead atoms. The molecule has 0 saturated carbocycles. The molecular weight excluding hydrogens is 384 g/mol. The molecule has 0 aliphatic carbocycles. The summed E-state index contributed by atoms with van der Waals surface area (Å²) in [7, 11) is 0. The number of fused-ring (bicyclic) bond motifs is 1. The predicted octanol–water partition coefficient (Wildman–Crippen LogP) is 4.66. The molecule has 0 saturated heterocycles. The highest BCUT2D eigenvalue weighted by Gasteiger charge is 2.23. The van der Waals surface area contributed by atoms with Crippen LogP contribution in [0.5, 0.6) is 5.75 Å². The van der Waals surface area contributed by atoms with Gasteiger partial charge >= 0.3 is 0 Å². The maximum absolute atomic E-state index is 14.6. The molecule has 136 valence electrons. The van der Waals surface area contributed by atoms with Crippen LogP contribution >= 0.6 is 22.9 Å². The summed E-state index contributed by atoms with van der Waals surface area (Å²) in [6, 6.07) is 7.59. The largest absolute Gasteiger partial charge is 0.483 e. The van der Waals surface area contributed by atoms with Gasteiger partial charge < -0.3 is 15.7 Å². The molecule has 3 N–H and O–H groups in total. The topological polar surface area (TPSA) is 80.7 Å². The van der Waals surface area contributed by atoms with E-state index in [1.807, 2.05) is 6.07 Å². The summed E-state index contributed by atoms with van der Waals surface area (Å²) in [4.78, 5) is 4.38. The Morgan fingerprint density at radius 1 is 1.38 bits per heavy atom. The Morgan fingerprint density at radius 2 is 2.15 bits per heavy atom. The summed E-state index contributed by atoms with van der Waals surface area (Å²) < 4.78 is 35.1. The Hall–Kier alpha value is -2.45. The molecule has 2 aromatic carbocycles. The van der Waals surface area contributed by atoms with E-state index in [1.54, 1.807) is 12.1 Å². The number of hydrogen-bond donors (Lipinski definition) is 2. The van der Waals surface area contributed by atoms with Gasteiger partial charge in [-0.1, -0.05) is 23.7 Å². The van der Waals surface area contributed by atoms with Crippen molar-refractivity contribution in [2.24, 2.45) is 10.9 Å². The van der Waals surface area contributed by atoms with Crippen LogP contribution in [0.1, 0.15) is 23.4 Å². The predicted molar refractivity (Wildman–Crippen MR) is 97.1 cm³/mol. The van der Waals surface area contributed by atoms with Crippen LogP contribution < -0.4 is 10.5 Å². The van der Waals surface area contributed by atoms with Gasteiger partial charge in [0.05, 0.1) is 10.2 Å². The zero-order valence-electron chi connectivity index (χ0n) is 13.5. The molecule has 3 rings (SSSR count). The van der Waals surface area contributed by atoms with E-state index in [0.717, 1.165) is 16.3 Å². The Morgan fingerprint density at radius 3 is 2.88 bits per heavy atom. The van der Waals surface area contributed by atoms with Gasteiger partial charge in [0.2, 0.25) is 0 Å². The fourth-order valence-electron chi connectivity index (χ4n) is 2.44. The van der Waals surface area contributed by atoms with Gasteiger partial charge in [-0.2, -0.15) is 0 Å². The van der Waals surface area contributed by atoms with Crippen molar-refractivity contribution in [1.82, 2.24) is 4.98 Å². The van der Waals surface area contributed by atoms with Crippen LogP contribution in [-0.4, -0.2) is 16.0 Å². The minimum Gasteiger partial charge on any atom is -0.483 e. The number of benzene rings is 2. The summed E-state index contributed by atoms with van der Waals surface area (Å²) in [5, 5.41) is 12.7. The number of nitrogens with zero attached hydrogens (tertiary/aromatic N) is 2. The third-order valence-electron chi connectivity index (χ3n) is 3.83. The van der Waals surface area contributed by atoms with Crippen molar-refractivity contribution in [3.05, 3.63) is 57.6 Å². The SMILES string of the molecule is CC(C(N)=NO)c1c(F)ccc(OCc2nc3cc(Cl)ccc3s2)c1F. The fourth-order valence-corrected chi connectivity index (χ4v) is 3.47. The van der Waals surface area contributed by atoms with Crippen LogP contribution in [0.25, 0.3) is 10.2 Å². The van der Waals surface area contributed by atoms with Crippen LogP contribution in [0, 0.1) is 11.6 Å². The minimum absolute atomic E-state index is 0.0108. The second kappa shape index (κ2) is 7.43. The first-order valence-electron chi connectivity index (χ1n) is 7.53. The highest BCUT2D eigenvalue weighted by molar-refractivity contribution is 7.18. The van der Waals surface area contributed by atoms with E-state index in [2.05, 4.69) is 10.1 Å². The van der Waals surface area contributed by atoms with Crippen LogP contribution in [-0.2, 0) is 6.61 Å². The Kier molecular flexibility index (Phi) is 5.24. The second-order valence-electron chi connectivity index (χ2n) is 5.53. The summed E-state index contributed by atoms with van der Waals surface area (Å²) >= 11 is 7.32. The minimum atomic E-state index is -0.951. The number of amidine groups is 1. The number of thiazole rings is 1. The summed E-state index contributed by atoms with van der Waals surface area (Å²) in [5.41, 5.74) is 5.86. The first-order chi connectivity index (χ1) is 12.4. The van der Waals surface area contributed by atoms with E-state index in [9.17, 15) is 8.78 Å². The van der Waals surface area contributed by atoms with Crippen LogP contribution in [0.2, 0.25) is 5.02 Å². The molecule has 0 spiro atoms. The monoisotopic (exact) mass is 397 g/mol. The van der Waals surface area contributed by atoms with Gasteiger partial charge in [0.25, 0.3) is 0 Å². The van der Waals surface area contributed by atoms with Crippen molar-refractivity contribution in [2.45, 2.75) is 19.4 Å². The number of hydrogen-bond acceptors (Lipinski definition) is 5. The van der Waals surface area contributed by atoms with Gasteiger partial charge in [-0.15, -0.1) is 11.3 Å². The van der Waals surface area contributed by atoms with Gasteiger partial charge in [0.15, 0.2) is 11.6 Å². The van der Waals surface area contributed by atoms with Gasteiger partial charge in [0, 0.05) is 16.5 Å². The molecule has 26 heavy (non-hydrogen) atoms. The summed E-state index contributed by atoms with van der Waals surface area (Å²) in [5.74, 6) is -3.09. The number of ether oxygens (including phenoxy) is 1. The van der Waals surface area contributed by atoms with Crippen molar-refractivity contribution in [3.63, 3.8) is 0 Å². The first kappa shape index (κ1) is 18.3. The molecule has 1 atom stereocenters. The number of halogens is 3. The van der Waals surface area contributed by atoms with Gasteiger partial charge in [-0.25, -0.2) is 13.8 Å². The van der Waals surface area contributed by atoms with Crippen molar-refractivity contribution in [3.8, 4) is 5.75 Å². The van der Waals surface area contributed by atoms with E-state index in [0.29, 0.717) is 10.0 Å². The number of rotatable bonds is 5. The highest BCUT2D eigenvalue weighted by Crippen LogP contribution is 2.31. The second-order valence-corrected chi connectivity index (χ2v) is 7.08. The van der Waals surface area contributed by atoms with Crippen molar-refractivity contribution >= 4 is 39.0 Å². The molecule has 3 aromatic rings. The average molecular weight is 398 g/mol. The third kappa shape index (κ3) is 3.56. The van der Waals surface area contributed by atoms with E-state index in [4.69, 9.17) is 27.3 Å². The van der Waals surface area contributed by atoms with Crippen molar-refractivity contribution < 1.29 is 18.7 Å². The molecule has 5 nitrogen and oxygen atoms in total. The molecule has 9 heteroatoms. The van der Waals surface area contributed by atoms with Crippen LogP contribution in [0.3, 0.4) is 0 Å². The van der Waals surface area contributed by atoms with E-state index < -0.39 is 17.6 Å². The lowest BCUT2D eigenvalue weighted by atomic mass is 9.98. The fraction of sp³-hybridized carbons (Fsp3) is 0.176. The van der Waals surface area contributed by atoms with Crippen LogP contribution in [0.4, 0.5) is 8.78 Å². The van der Waals surface area contributed by atoms with E-state index in [1.165, 1.54) is 24.3 Å². The molecule has 1 unspecified atom stereocenters. The zero-order valence-corrected chi connectivity index (χ0v) is 15.1. The highest BCUT2D eigenvalue weighted by atomic mass is 35.5. The van der Waals surface area contributed by atoms with E-state index in [-0.39, 0.29) is 23.8 Å². The molecule has 0 aliphatic heterocycles. The standard InChI is InChI=1S/C17H14ClF2N3O2S/c1-8(17(21)23-24)15-10(19)3-4-12(16(15)20)25-7-14-22-11-6-9(18)2-5-13(11)26-14/h2-6,8,24H,7H2,1H3,(H2,21,23). The number of oxime groups is 1. The molecule has 1 heterocycles. The van der Waals surface area contributed by atoms with Crippen LogP contribution in [0.15, 0.2) is 35.5 Å². The molecule has 0 aliphatic rings. The maximum Gasteiger partial charge on any atom is 0.171 e. The summed E-state index contributed by atoms with van der Waals surface area (Å²) in [6.07, 6.45) is 0. The number of nitrogens with two attached hydrogens (primary N) is 1. The Balaban J connectivity index is 1.85. The Labute approximate surface area is 156 Å². The molecule has 0 amide bonds. The lowest BCUT2D eigenvalue weighted by Gasteiger charge is -2.15. The Bertz CT molecular complexity index is 994. The zero-order chi connectivity index (χ0) is 18.8. The van der Waals surface area contributed by atoms with Gasteiger partial charge in [-0.3, -0.25) is 0 Å². The molecule has 1 aromatic heterocycles. The molecular formula is C17H14ClF2N3O2S. The maximum atomic E-state index is 14.6. The quantitative estimate of drug-likeness (QED) is 0.284. The normalized spacial score (nSPS) is 13.2. The van der Waals surface area contributed by atoms with Gasteiger partial charge in [-0.05, 0) is 30.3 Å². The van der Waals surface area contributed by atoms with E-state index >= 15 is 0 Å². The summed E-state index contributed by atoms with van der Waals surface area (Å²) in [6.45, 7) is 1.44. The molecule has 0 fully saturated rings. The van der Waals surface area contributed by atoms with Crippen molar-refractivity contribution in [2.75, 3.05) is 0 Å². The first-order valence-corrected chi connectivity index (χ1v) is 8.73. The average Bonchev–Trinajstić information content (AvgIpc) is 3.02.